The highest BCUT2D eigenvalue weighted by Crippen LogP contribution is 2.34. The van der Waals surface area contributed by atoms with Crippen molar-refractivity contribution in [1.29, 1.82) is 0 Å². The summed E-state index contributed by atoms with van der Waals surface area (Å²) in [7, 11) is -0.670. The minimum absolute atomic E-state index is 0.0121. The summed E-state index contributed by atoms with van der Waals surface area (Å²) in [6, 6.07) is 30.2. The van der Waals surface area contributed by atoms with E-state index < -0.39 is 7.92 Å². The highest BCUT2D eigenvalue weighted by Gasteiger charge is 2.23. The molecule has 1 unspecified atom stereocenters. The molecule has 0 aromatic heterocycles. The van der Waals surface area contributed by atoms with E-state index in [1.165, 1.54) is 48.0 Å². The van der Waals surface area contributed by atoms with Crippen LogP contribution in [0, 0.1) is 5.92 Å². The maximum Gasteiger partial charge on any atom is 0.0758 e. The number of aliphatic hydroxyl groups excluding tert-OH is 1. The highest BCUT2D eigenvalue weighted by atomic mass is 31.1. The van der Waals surface area contributed by atoms with Crippen molar-refractivity contribution in [1.82, 2.24) is 0 Å². The van der Waals surface area contributed by atoms with Gasteiger partial charge in [0.1, 0.15) is 0 Å². The minimum Gasteiger partial charge on any atom is -0.394 e. The molecule has 3 aromatic carbocycles. The summed E-state index contributed by atoms with van der Waals surface area (Å²) in [5.74, 6) is 0.511. The molecule has 0 bridgehead atoms. The molecular weight excluding hydrogens is 385 g/mol. The van der Waals surface area contributed by atoms with Crippen molar-refractivity contribution < 1.29 is 5.11 Å². The Morgan fingerprint density at radius 1 is 0.800 bits per heavy atom. The summed E-state index contributed by atoms with van der Waals surface area (Å²) in [5, 5.41) is 14.0. The van der Waals surface area contributed by atoms with Crippen LogP contribution in [0.4, 0.5) is 0 Å². The van der Waals surface area contributed by atoms with Gasteiger partial charge in [-0.3, -0.25) is 4.99 Å². The van der Waals surface area contributed by atoms with Gasteiger partial charge in [-0.05, 0) is 42.6 Å². The Bertz CT molecular complexity index is 896. The summed E-state index contributed by atoms with van der Waals surface area (Å²) >= 11 is 0. The van der Waals surface area contributed by atoms with Crippen LogP contribution >= 0.6 is 7.92 Å². The van der Waals surface area contributed by atoms with Gasteiger partial charge in [0.15, 0.2) is 0 Å². The molecule has 0 heterocycles. The molecule has 0 aliphatic heterocycles. The van der Waals surface area contributed by atoms with E-state index in [9.17, 15) is 5.11 Å². The zero-order chi connectivity index (χ0) is 20.6. The third-order valence-electron chi connectivity index (χ3n) is 5.99. The molecule has 1 fully saturated rings. The molecule has 3 heteroatoms. The van der Waals surface area contributed by atoms with Gasteiger partial charge in [0.2, 0.25) is 0 Å². The van der Waals surface area contributed by atoms with Crippen molar-refractivity contribution in [2.75, 3.05) is 6.61 Å². The Labute approximate surface area is 181 Å². The molecule has 1 aliphatic carbocycles. The molecule has 0 saturated heterocycles. The average Bonchev–Trinajstić information content (AvgIpc) is 2.83. The molecule has 0 radical (unpaired) electrons. The van der Waals surface area contributed by atoms with E-state index in [-0.39, 0.29) is 12.6 Å². The number of hydrogen-bond acceptors (Lipinski definition) is 2. The van der Waals surface area contributed by atoms with E-state index in [1.807, 2.05) is 6.21 Å². The van der Waals surface area contributed by atoms with Crippen LogP contribution < -0.4 is 15.9 Å². The van der Waals surface area contributed by atoms with Crippen LogP contribution in [0.25, 0.3) is 0 Å². The van der Waals surface area contributed by atoms with Gasteiger partial charge in [-0.2, -0.15) is 0 Å². The molecule has 1 saturated carbocycles. The van der Waals surface area contributed by atoms with Gasteiger partial charge in [0, 0.05) is 11.8 Å². The Balaban J connectivity index is 1.70. The maximum atomic E-state index is 9.98. The van der Waals surface area contributed by atoms with Crippen LogP contribution in [-0.4, -0.2) is 24.0 Å². The first-order valence-corrected chi connectivity index (χ1v) is 12.3. The molecule has 30 heavy (non-hydrogen) atoms. The van der Waals surface area contributed by atoms with E-state index in [1.54, 1.807) is 0 Å². The second-order valence-electron chi connectivity index (χ2n) is 7.99. The predicted molar refractivity (Wildman–Crippen MR) is 130 cm³/mol. The van der Waals surface area contributed by atoms with Crippen LogP contribution in [0.5, 0.6) is 0 Å². The molecular formula is C27H30NOP. The molecule has 2 nitrogen and oxygen atoms in total. The number of aliphatic hydroxyl groups is 1. The standard InChI is InChI=1S/C27H30NOP/c29-21-26(22-12-4-1-5-13-22)28-20-23-14-10-11-19-27(23)30(24-15-6-2-7-16-24)25-17-8-3-9-18-25/h2-3,6-11,14-20,22,26,29H,1,4-5,12-13,21H2. The first kappa shape index (κ1) is 21.0. The number of aliphatic imine (C=N–C) groups is 1. The average molecular weight is 416 g/mol. The van der Waals surface area contributed by atoms with Gasteiger partial charge < -0.3 is 5.11 Å². The quantitative estimate of drug-likeness (QED) is 0.436. The summed E-state index contributed by atoms with van der Waals surface area (Å²) in [5.41, 5.74) is 1.16. The summed E-state index contributed by atoms with van der Waals surface area (Å²) in [6.45, 7) is 0.134. The fourth-order valence-electron chi connectivity index (χ4n) is 4.39. The van der Waals surface area contributed by atoms with Gasteiger partial charge in [-0.25, -0.2) is 0 Å². The smallest absolute Gasteiger partial charge is 0.0758 e. The minimum atomic E-state index is -0.670. The van der Waals surface area contributed by atoms with Crippen molar-refractivity contribution in [3.8, 4) is 0 Å². The molecule has 0 amide bonds. The first-order valence-electron chi connectivity index (χ1n) is 11.0. The van der Waals surface area contributed by atoms with E-state index in [0.29, 0.717) is 5.92 Å². The lowest BCUT2D eigenvalue weighted by atomic mass is 9.84. The molecule has 3 aromatic rings. The van der Waals surface area contributed by atoms with Crippen LogP contribution in [0.15, 0.2) is 89.9 Å². The second-order valence-corrected chi connectivity index (χ2v) is 10.2. The predicted octanol–water partition coefficient (Wildman–Crippen LogP) is 4.80. The Hall–Kier alpha value is -2.28. The van der Waals surface area contributed by atoms with Crippen molar-refractivity contribution in [3.05, 3.63) is 90.5 Å². The van der Waals surface area contributed by atoms with E-state index in [2.05, 4.69) is 84.9 Å². The maximum absolute atomic E-state index is 9.98. The van der Waals surface area contributed by atoms with Gasteiger partial charge in [0.05, 0.1) is 12.6 Å². The van der Waals surface area contributed by atoms with Crippen molar-refractivity contribution in [3.63, 3.8) is 0 Å². The largest absolute Gasteiger partial charge is 0.394 e. The Morgan fingerprint density at radius 3 is 1.97 bits per heavy atom. The van der Waals surface area contributed by atoms with Gasteiger partial charge in [-0.15, -0.1) is 0 Å². The molecule has 1 aliphatic rings. The SMILES string of the molecule is OCC(N=Cc1ccccc1P(c1ccccc1)c1ccccc1)C1CCCCC1. The Kier molecular flexibility index (Phi) is 7.45. The van der Waals surface area contributed by atoms with Crippen molar-refractivity contribution in [2.24, 2.45) is 10.9 Å². The topological polar surface area (TPSA) is 32.6 Å². The zero-order valence-corrected chi connectivity index (χ0v) is 18.3. The molecule has 1 N–H and O–H groups in total. The van der Waals surface area contributed by atoms with Crippen LogP contribution in [0.3, 0.4) is 0 Å². The second kappa shape index (κ2) is 10.7. The molecule has 154 valence electrons. The van der Waals surface area contributed by atoms with Crippen LogP contribution in [-0.2, 0) is 0 Å². The van der Waals surface area contributed by atoms with Crippen molar-refractivity contribution >= 4 is 30.0 Å². The van der Waals surface area contributed by atoms with Crippen molar-refractivity contribution in [2.45, 2.75) is 38.1 Å². The Morgan fingerprint density at radius 2 is 1.37 bits per heavy atom. The summed E-state index contributed by atoms with van der Waals surface area (Å²) in [6.07, 6.45) is 8.24. The number of rotatable bonds is 7. The van der Waals surface area contributed by atoms with Gasteiger partial charge in [-0.1, -0.05) is 104 Å². The third kappa shape index (κ3) is 5.06. The number of benzene rings is 3. The monoisotopic (exact) mass is 415 g/mol. The number of hydrogen-bond donors (Lipinski definition) is 1. The lowest BCUT2D eigenvalue weighted by Gasteiger charge is -2.26. The molecule has 1 atom stereocenters. The van der Waals surface area contributed by atoms with E-state index in [4.69, 9.17) is 4.99 Å². The van der Waals surface area contributed by atoms with E-state index in [0.717, 1.165) is 5.56 Å². The normalized spacial score (nSPS) is 16.2. The summed E-state index contributed by atoms with van der Waals surface area (Å²) in [4.78, 5) is 4.90. The lowest BCUT2D eigenvalue weighted by Crippen LogP contribution is -2.26. The van der Waals surface area contributed by atoms with Crippen LogP contribution in [0.1, 0.15) is 37.7 Å². The molecule has 4 rings (SSSR count). The third-order valence-corrected chi connectivity index (χ3v) is 8.51. The highest BCUT2D eigenvalue weighted by molar-refractivity contribution is 7.80. The summed E-state index contributed by atoms with van der Waals surface area (Å²) < 4.78 is 0. The fraction of sp³-hybridized carbons (Fsp3) is 0.296. The zero-order valence-electron chi connectivity index (χ0n) is 17.4. The first-order chi connectivity index (χ1) is 14.9. The lowest BCUT2D eigenvalue weighted by molar-refractivity contribution is 0.200. The van der Waals surface area contributed by atoms with E-state index >= 15 is 0 Å². The molecule has 0 spiro atoms. The number of nitrogens with zero attached hydrogens (tertiary/aromatic N) is 1. The van der Waals surface area contributed by atoms with Crippen LogP contribution in [0.2, 0.25) is 0 Å². The van der Waals surface area contributed by atoms with Gasteiger partial charge in [0.25, 0.3) is 0 Å². The fourth-order valence-corrected chi connectivity index (χ4v) is 6.82. The van der Waals surface area contributed by atoms with Gasteiger partial charge >= 0.3 is 0 Å².